The Bertz CT molecular complexity index is 1260. The maximum absolute atomic E-state index is 12.9. The van der Waals surface area contributed by atoms with E-state index in [0.29, 0.717) is 16.5 Å². The van der Waals surface area contributed by atoms with E-state index < -0.39 is 22.4 Å². The molecule has 0 saturated heterocycles. The molecule has 30 heavy (non-hydrogen) atoms. The van der Waals surface area contributed by atoms with Gasteiger partial charge in [-0.05, 0) is 24.6 Å². The van der Waals surface area contributed by atoms with Crippen molar-refractivity contribution < 1.29 is 23.6 Å². The molecule has 152 valence electrons. The van der Waals surface area contributed by atoms with Crippen molar-refractivity contribution in [3.05, 3.63) is 91.6 Å². The highest BCUT2D eigenvalue weighted by Crippen LogP contribution is 2.44. The number of hydrogen-bond acceptors (Lipinski definition) is 8. The highest BCUT2D eigenvalue weighted by atomic mass is 16.6. The molecule has 4 rings (SSSR count). The summed E-state index contributed by atoms with van der Waals surface area (Å²) >= 11 is 0. The van der Waals surface area contributed by atoms with Crippen LogP contribution in [-0.2, 0) is 9.53 Å². The number of hydrogen-bond donors (Lipinski definition) is 1. The number of benzene rings is 2. The summed E-state index contributed by atoms with van der Waals surface area (Å²) in [5.41, 5.74) is 5.98. The van der Waals surface area contributed by atoms with Crippen LogP contribution in [0.5, 0.6) is 5.75 Å². The van der Waals surface area contributed by atoms with Gasteiger partial charge in [0.1, 0.15) is 11.2 Å². The highest BCUT2D eigenvalue weighted by molar-refractivity contribution is 5.94. The average molecular weight is 408 g/mol. The Morgan fingerprint density at radius 2 is 1.90 bits per heavy atom. The lowest BCUT2D eigenvalue weighted by Gasteiger charge is -2.27. The zero-order valence-corrected chi connectivity index (χ0v) is 15.8. The topological polar surface area (TPSA) is 135 Å². The summed E-state index contributed by atoms with van der Waals surface area (Å²) in [5, 5.41) is 11.5. The van der Waals surface area contributed by atoms with Crippen molar-refractivity contribution in [1.29, 1.82) is 0 Å². The Morgan fingerprint density at radius 1 is 1.20 bits per heavy atom. The van der Waals surface area contributed by atoms with E-state index in [-0.39, 0.29) is 35.1 Å². The van der Waals surface area contributed by atoms with Crippen molar-refractivity contribution in [2.45, 2.75) is 12.8 Å². The number of nitro benzene ring substituents is 1. The van der Waals surface area contributed by atoms with Gasteiger partial charge in [-0.3, -0.25) is 10.1 Å². The van der Waals surface area contributed by atoms with E-state index in [4.69, 9.17) is 19.6 Å². The quantitative estimate of drug-likeness (QED) is 0.301. The number of para-hydroxylation sites is 1. The average Bonchev–Trinajstić information content (AvgIpc) is 2.73. The Labute approximate surface area is 169 Å². The molecule has 0 saturated carbocycles. The van der Waals surface area contributed by atoms with Crippen molar-refractivity contribution in [3.8, 4) is 5.75 Å². The molecule has 9 heteroatoms. The van der Waals surface area contributed by atoms with Crippen molar-refractivity contribution in [2.24, 2.45) is 5.73 Å². The van der Waals surface area contributed by atoms with Gasteiger partial charge in [0.05, 0.1) is 28.4 Å². The zero-order chi connectivity index (χ0) is 21.4. The SMILES string of the molecule is CCOC(=O)C1=C(N)Oc2c(c(=O)oc3ccccc23)C1c1ccc([N+](=O)[O-])cc1. The van der Waals surface area contributed by atoms with Crippen LogP contribution in [0.1, 0.15) is 24.0 Å². The molecule has 0 fully saturated rings. The molecule has 0 aliphatic carbocycles. The zero-order valence-electron chi connectivity index (χ0n) is 15.8. The van der Waals surface area contributed by atoms with E-state index in [1.807, 2.05) is 0 Å². The van der Waals surface area contributed by atoms with E-state index >= 15 is 0 Å². The summed E-state index contributed by atoms with van der Waals surface area (Å²) in [6, 6.07) is 12.2. The number of fused-ring (bicyclic) bond motifs is 3. The molecule has 9 nitrogen and oxygen atoms in total. The van der Waals surface area contributed by atoms with Crippen LogP contribution in [0.3, 0.4) is 0 Å². The van der Waals surface area contributed by atoms with Crippen LogP contribution < -0.4 is 16.1 Å². The molecule has 1 aromatic heterocycles. The first-order valence-corrected chi connectivity index (χ1v) is 9.07. The largest absolute Gasteiger partial charge is 0.462 e. The van der Waals surface area contributed by atoms with E-state index in [1.54, 1.807) is 31.2 Å². The summed E-state index contributed by atoms with van der Waals surface area (Å²) in [7, 11) is 0. The molecule has 3 aromatic rings. The molecular weight excluding hydrogens is 392 g/mol. The smallest absolute Gasteiger partial charge is 0.344 e. The second-order valence-corrected chi connectivity index (χ2v) is 6.51. The molecular formula is C21H16N2O7. The molecule has 1 aliphatic rings. The molecule has 2 heterocycles. The molecule has 0 bridgehead atoms. The van der Waals surface area contributed by atoms with Crippen molar-refractivity contribution in [3.63, 3.8) is 0 Å². The predicted octanol–water partition coefficient (Wildman–Crippen LogP) is 2.96. The third-order valence-electron chi connectivity index (χ3n) is 4.79. The standard InChI is InChI=1S/C21H16N2O7/c1-2-28-20(24)17-15(11-7-9-12(10-8-11)23(26)27)16-18(30-19(17)22)13-5-3-4-6-14(13)29-21(16)25/h3-10,15H,2,22H2,1H3. The van der Waals surface area contributed by atoms with E-state index in [0.717, 1.165) is 0 Å². The summed E-state index contributed by atoms with van der Waals surface area (Å²) in [4.78, 5) is 36.0. The maximum atomic E-state index is 12.9. The van der Waals surface area contributed by atoms with Crippen LogP contribution >= 0.6 is 0 Å². The van der Waals surface area contributed by atoms with Crippen molar-refractivity contribution in [2.75, 3.05) is 6.61 Å². The monoisotopic (exact) mass is 408 g/mol. The summed E-state index contributed by atoms with van der Waals surface area (Å²) in [5.74, 6) is -1.76. The van der Waals surface area contributed by atoms with Gasteiger partial charge in [0, 0.05) is 12.1 Å². The van der Waals surface area contributed by atoms with Crippen LogP contribution in [-0.4, -0.2) is 17.5 Å². The van der Waals surface area contributed by atoms with Gasteiger partial charge in [0.25, 0.3) is 5.69 Å². The number of carbonyl (C=O) groups is 1. The van der Waals surface area contributed by atoms with Crippen LogP contribution in [0, 0.1) is 10.1 Å². The minimum absolute atomic E-state index is 0.0687. The summed E-state index contributed by atoms with van der Waals surface area (Å²) in [6.45, 7) is 1.72. The first-order valence-electron chi connectivity index (χ1n) is 9.07. The Hall–Kier alpha value is -4.14. The van der Waals surface area contributed by atoms with Gasteiger partial charge in [-0.1, -0.05) is 24.3 Å². The fourth-order valence-corrected chi connectivity index (χ4v) is 3.50. The first kappa shape index (κ1) is 19.2. The number of nitro groups is 1. The lowest BCUT2D eigenvalue weighted by molar-refractivity contribution is -0.384. The second-order valence-electron chi connectivity index (χ2n) is 6.51. The molecule has 2 N–H and O–H groups in total. The fourth-order valence-electron chi connectivity index (χ4n) is 3.50. The van der Waals surface area contributed by atoms with Crippen molar-refractivity contribution >= 4 is 22.6 Å². The lowest BCUT2D eigenvalue weighted by atomic mass is 9.83. The van der Waals surface area contributed by atoms with Gasteiger partial charge in [0.15, 0.2) is 5.75 Å². The van der Waals surface area contributed by atoms with Crippen molar-refractivity contribution in [1.82, 2.24) is 0 Å². The van der Waals surface area contributed by atoms with Crippen LogP contribution in [0.2, 0.25) is 0 Å². The first-order chi connectivity index (χ1) is 14.4. The van der Waals surface area contributed by atoms with Gasteiger partial charge >= 0.3 is 11.6 Å². The third-order valence-corrected chi connectivity index (χ3v) is 4.79. The van der Waals surface area contributed by atoms with E-state index in [1.165, 1.54) is 24.3 Å². The van der Waals surface area contributed by atoms with E-state index in [2.05, 4.69) is 0 Å². The number of rotatable bonds is 4. The Balaban J connectivity index is 2.00. The molecule has 0 amide bonds. The fraction of sp³-hybridized carbons (Fsp3) is 0.143. The number of nitrogens with two attached hydrogens (primary N) is 1. The minimum atomic E-state index is -0.977. The van der Waals surface area contributed by atoms with Gasteiger partial charge < -0.3 is 19.6 Å². The lowest BCUT2D eigenvalue weighted by Crippen LogP contribution is -2.31. The summed E-state index contributed by atoms with van der Waals surface area (Å²) in [6.07, 6.45) is 0. The molecule has 1 unspecified atom stereocenters. The summed E-state index contributed by atoms with van der Waals surface area (Å²) < 4.78 is 16.3. The van der Waals surface area contributed by atoms with Crippen LogP contribution in [0.15, 0.2) is 69.2 Å². The van der Waals surface area contributed by atoms with Crippen LogP contribution in [0.25, 0.3) is 11.0 Å². The molecule has 1 aliphatic heterocycles. The number of ether oxygens (including phenoxy) is 2. The molecule has 0 radical (unpaired) electrons. The number of nitrogens with zero attached hydrogens (tertiary/aromatic N) is 1. The van der Waals surface area contributed by atoms with Gasteiger partial charge in [-0.2, -0.15) is 0 Å². The predicted molar refractivity (Wildman–Crippen MR) is 106 cm³/mol. The number of non-ortho nitro benzene ring substituents is 1. The second kappa shape index (κ2) is 7.36. The molecule has 2 aromatic carbocycles. The number of carbonyl (C=O) groups excluding carboxylic acids is 1. The van der Waals surface area contributed by atoms with Crippen LogP contribution in [0.4, 0.5) is 5.69 Å². The third kappa shape index (κ3) is 3.06. The highest BCUT2D eigenvalue weighted by Gasteiger charge is 2.39. The van der Waals surface area contributed by atoms with Gasteiger partial charge in [-0.25, -0.2) is 9.59 Å². The minimum Gasteiger partial charge on any atom is -0.462 e. The van der Waals surface area contributed by atoms with Gasteiger partial charge in [-0.15, -0.1) is 0 Å². The van der Waals surface area contributed by atoms with Gasteiger partial charge in [0.2, 0.25) is 5.88 Å². The normalized spacial score (nSPS) is 15.4. The Morgan fingerprint density at radius 3 is 2.57 bits per heavy atom. The van der Waals surface area contributed by atoms with E-state index in [9.17, 15) is 19.7 Å². The molecule has 0 spiro atoms. The molecule has 1 atom stereocenters. The Kier molecular flexibility index (Phi) is 4.71. The number of esters is 1. The maximum Gasteiger partial charge on any atom is 0.344 e.